The van der Waals surface area contributed by atoms with Crippen LogP contribution in [0.4, 0.5) is 13.2 Å². The molecule has 5 heterocycles. The number of halogens is 3. The number of alkyl halides is 3. The SMILES string of the molecule is Cc1c(C(N)=O)c(-c2ccnc3cc(CN4C(=O)C5C(C4=O)C5(C)C)sc23)nc(C(F)(F)F)c1C1CNC1. The van der Waals surface area contributed by atoms with Crippen molar-refractivity contribution in [2.75, 3.05) is 13.1 Å². The van der Waals surface area contributed by atoms with Crippen LogP contribution < -0.4 is 11.1 Å². The van der Waals surface area contributed by atoms with Crippen LogP contribution in [-0.2, 0) is 22.3 Å². The molecular formula is C26H24F3N5O3S. The van der Waals surface area contributed by atoms with E-state index in [9.17, 15) is 27.6 Å². The summed E-state index contributed by atoms with van der Waals surface area (Å²) in [6.07, 6.45) is -3.31. The van der Waals surface area contributed by atoms with Crippen molar-refractivity contribution in [3.63, 3.8) is 0 Å². The molecule has 0 aromatic carbocycles. The van der Waals surface area contributed by atoms with Crippen LogP contribution in [0.3, 0.4) is 0 Å². The van der Waals surface area contributed by atoms with E-state index in [0.29, 0.717) is 28.2 Å². The topological polar surface area (TPSA) is 118 Å². The lowest BCUT2D eigenvalue weighted by molar-refractivity contribution is -0.144. The number of carbonyl (C=O) groups excluding carboxylic acids is 3. The maximum atomic E-state index is 14.2. The minimum Gasteiger partial charge on any atom is -0.366 e. The van der Waals surface area contributed by atoms with Gasteiger partial charge in [-0.05, 0) is 35.6 Å². The number of rotatable bonds is 5. The van der Waals surface area contributed by atoms with Gasteiger partial charge in [0.25, 0.3) is 5.91 Å². The zero-order chi connectivity index (χ0) is 27.3. The van der Waals surface area contributed by atoms with E-state index in [1.54, 1.807) is 6.07 Å². The van der Waals surface area contributed by atoms with Crippen molar-refractivity contribution in [3.05, 3.63) is 45.6 Å². The Morgan fingerprint density at radius 2 is 1.89 bits per heavy atom. The largest absolute Gasteiger partial charge is 0.433 e. The third-order valence-electron chi connectivity index (χ3n) is 8.12. The normalized spacial score (nSPS) is 22.6. The molecule has 1 saturated carbocycles. The van der Waals surface area contributed by atoms with Crippen LogP contribution in [0.2, 0.25) is 0 Å². The summed E-state index contributed by atoms with van der Waals surface area (Å²) in [5, 5.41) is 2.96. The summed E-state index contributed by atoms with van der Waals surface area (Å²) in [5.41, 5.74) is 5.02. The highest BCUT2D eigenvalue weighted by molar-refractivity contribution is 7.19. The number of imide groups is 1. The summed E-state index contributed by atoms with van der Waals surface area (Å²) in [6, 6.07) is 3.21. The highest BCUT2D eigenvalue weighted by Crippen LogP contribution is 2.63. The van der Waals surface area contributed by atoms with Gasteiger partial charge < -0.3 is 11.1 Å². The number of amides is 3. The summed E-state index contributed by atoms with van der Waals surface area (Å²) in [5.74, 6) is -2.34. The molecule has 38 heavy (non-hydrogen) atoms. The fourth-order valence-electron chi connectivity index (χ4n) is 5.99. The van der Waals surface area contributed by atoms with E-state index < -0.39 is 23.7 Å². The molecular weight excluding hydrogens is 519 g/mol. The van der Waals surface area contributed by atoms with Gasteiger partial charge in [0.1, 0.15) is 5.69 Å². The smallest absolute Gasteiger partial charge is 0.366 e. The number of piperidine rings is 1. The number of nitrogens with two attached hydrogens (primary N) is 1. The maximum absolute atomic E-state index is 14.2. The number of primary amides is 1. The lowest BCUT2D eigenvalue weighted by Crippen LogP contribution is -2.42. The number of nitrogens with zero attached hydrogens (tertiary/aromatic N) is 3. The Hall–Kier alpha value is -3.38. The van der Waals surface area contributed by atoms with E-state index in [4.69, 9.17) is 5.73 Å². The average Bonchev–Trinajstić information content (AvgIpc) is 3.04. The first-order chi connectivity index (χ1) is 17.8. The zero-order valence-electron chi connectivity index (χ0n) is 20.8. The Bertz CT molecular complexity index is 1540. The molecule has 2 unspecified atom stereocenters. The van der Waals surface area contributed by atoms with E-state index >= 15 is 0 Å². The highest BCUT2D eigenvalue weighted by atomic mass is 32.1. The molecule has 3 fully saturated rings. The Balaban J connectivity index is 1.46. The molecule has 6 rings (SSSR count). The second kappa shape index (κ2) is 8.06. The van der Waals surface area contributed by atoms with E-state index in [2.05, 4.69) is 15.3 Å². The number of likely N-dealkylation sites (tertiary alicyclic amines) is 1. The maximum Gasteiger partial charge on any atom is 0.433 e. The number of nitrogens with one attached hydrogen (secondary N) is 1. The Morgan fingerprint density at radius 1 is 1.24 bits per heavy atom. The summed E-state index contributed by atoms with van der Waals surface area (Å²) < 4.78 is 43.1. The first-order valence-electron chi connectivity index (χ1n) is 12.2. The van der Waals surface area contributed by atoms with Gasteiger partial charge in [-0.3, -0.25) is 24.3 Å². The number of pyridine rings is 2. The number of carbonyl (C=O) groups is 3. The Morgan fingerprint density at radius 3 is 2.45 bits per heavy atom. The molecule has 2 saturated heterocycles. The van der Waals surface area contributed by atoms with Crippen molar-refractivity contribution in [2.24, 2.45) is 23.0 Å². The van der Waals surface area contributed by atoms with Gasteiger partial charge >= 0.3 is 6.18 Å². The quantitative estimate of drug-likeness (QED) is 0.475. The minimum atomic E-state index is -4.74. The average molecular weight is 544 g/mol. The first-order valence-corrected chi connectivity index (χ1v) is 13.0. The van der Waals surface area contributed by atoms with Gasteiger partial charge in [-0.15, -0.1) is 11.3 Å². The first kappa shape index (κ1) is 24.9. The van der Waals surface area contributed by atoms with E-state index in [-0.39, 0.29) is 63.6 Å². The molecule has 2 aliphatic heterocycles. The molecule has 2 atom stereocenters. The molecule has 0 spiro atoms. The van der Waals surface area contributed by atoms with Gasteiger partial charge in [0.2, 0.25) is 11.8 Å². The second-order valence-corrected chi connectivity index (χ2v) is 11.9. The van der Waals surface area contributed by atoms with Crippen LogP contribution in [0.1, 0.15) is 51.8 Å². The molecule has 1 aliphatic carbocycles. The van der Waals surface area contributed by atoms with Gasteiger partial charge in [0.05, 0.1) is 39.9 Å². The molecule has 12 heteroatoms. The van der Waals surface area contributed by atoms with Crippen LogP contribution in [0.5, 0.6) is 0 Å². The molecule has 3 aromatic rings. The molecule has 8 nitrogen and oxygen atoms in total. The van der Waals surface area contributed by atoms with Gasteiger partial charge in [0.15, 0.2) is 0 Å². The van der Waals surface area contributed by atoms with Gasteiger partial charge in [0, 0.05) is 35.6 Å². The molecule has 3 aliphatic rings. The monoisotopic (exact) mass is 543 g/mol. The fourth-order valence-corrected chi connectivity index (χ4v) is 7.11. The summed E-state index contributed by atoms with van der Waals surface area (Å²) in [7, 11) is 0. The molecule has 3 amide bonds. The van der Waals surface area contributed by atoms with Crippen molar-refractivity contribution >= 4 is 39.3 Å². The predicted molar refractivity (Wildman–Crippen MR) is 133 cm³/mol. The number of thiophene rings is 1. The lowest BCUT2D eigenvalue weighted by Gasteiger charge is -2.32. The molecule has 0 bridgehead atoms. The number of fused-ring (bicyclic) bond motifs is 2. The van der Waals surface area contributed by atoms with Crippen LogP contribution in [0, 0.1) is 24.2 Å². The Kier molecular flexibility index (Phi) is 5.29. The number of aromatic nitrogens is 2. The fraction of sp³-hybridized carbons (Fsp3) is 0.423. The van der Waals surface area contributed by atoms with Crippen molar-refractivity contribution in [1.82, 2.24) is 20.2 Å². The van der Waals surface area contributed by atoms with Gasteiger partial charge in [-0.2, -0.15) is 13.2 Å². The van der Waals surface area contributed by atoms with Crippen molar-refractivity contribution < 1.29 is 27.6 Å². The zero-order valence-corrected chi connectivity index (χ0v) is 21.6. The van der Waals surface area contributed by atoms with Crippen molar-refractivity contribution in [1.29, 1.82) is 0 Å². The molecule has 3 aromatic heterocycles. The predicted octanol–water partition coefficient (Wildman–Crippen LogP) is 3.61. The van der Waals surface area contributed by atoms with Crippen LogP contribution >= 0.6 is 11.3 Å². The lowest BCUT2D eigenvalue weighted by atomic mass is 9.85. The van der Waals surface area contributed by atoms with Gasteiger partial charge in [-0.25, -0.2) is 4.98 Å². The van der Waals surface area contributed by atoms with Crippen molar-refractivity contribution in [2.45, 2.75) is 39.4 Å². The summed E-state index contributed by atoms with van der Waals surface area (Å²) in [4.78, 5) is 48.4. The summed E-state index contributed by atoms with van der Waals surface area (Å²) in [6.45, 7) is 6.03. The van der Waals surface area contributed by atoms with E-state index in [1.807, 2.05) is 13.8 Å². The minimum absolute atomic E-state index is 0.0153. The molecule has 0 radical (unpaired) electrons. The third kappa shape index (κ3) is 3.49. The standard InChI is InChI=1S/C26H24F3N5O3S/c1-10-15(11-7-31-8-11)21(26(27,28)29)33-19(16(10)22(30)35)13-4-5-32-14-6-12(38-20(13)14)9-34-23(36)17-18(24(34)37)25(17,2)3/h4-6,11,17-18,31H,7-9H2,1-3H3,(H2,30,35). The Labute approximate surface area is 219 Å². The van der Waals surface area contributed by atoms with E-state index in [0.717, 1.165) is 0 Å². The van der Waals surface area contributed by atoms with Crippen LogP contribution in [0.25, 0.3) is 21.5 Å². The van der Waals surface area contributed by atoms with Gasteiger partial charge in [-0.1, -0.05) is 13.8 Å². The number of hydrogen-bond donors (Lipinski definition) is 2. The summed E-state index contributed by atoms with van der Waals surface area (Å²) >= 11 is 1.20. The highest BCUT2D eigenvalue weighted by Gasteiger charge is 2.72. The third-order valence-corrected chi connectivity index (χ3v) is 9.27. The number of hydrogen-bond acceptors (Lipinski definition) is 7. The van der Waals surface area contributed by atoms with Crippen molar-refractivity contribution in [3.8, 4) is 11.3 Å². The molecule has 198 valence electrons. The van der Waals surface area contributed by atoms with E-state index in [1.165, 1.54) is 35.4 Å². The van der Waals surface area contributed by atoms with Crippen LogP contribution in [0.15, 0.2) is 18.3 Å². The van der Waals surface area contributed by atoms with Crippen LogP contribution in [-0.4, -0.2) is 45.7 Å². The second-order valence-electron chi connectivity index (χ2n) is 10.8. The molecule has 3 N–H and O–H groups in total.